The van der Waals surface area contributed by atoms with Crippen LogP contribution in [0, 0.1) is 11.8 Å². The normalized spacial score (nSPS) is 19.9. The van der Waals surface area contributed by atoms with Crippen molar-refractivity contribution in [2.24, 2.45) is 17.6 Å². The average molecular weight is 458 g/mol. The number of hydrogen-bond donors (Lipinski definition) is 1. The molecule has 10 nitrogen and oxygen atoms in total. The van der Waals surface area contributed by atoms with E-state index in [-0.39, 0.29) is 23.7 Å². The summed E-state index contributed by atoms with van der Waals surface area (Å²) in [6.07, 6.45) is 3.10. The van der Waals surface area contributed by atoms with Gasteiger partial charge >= 0.3 is 0 Å². The van der Waals surface area contributed by atoms with Gasteiger partial charge < -0.3 is 24.6 Å². The van der Waals surface area contributed by atoms with Crippen molar-refractivity contribution >= 4 is 11.8 Å². The second-order valence-corrected chi connectivity index (χ2v) is 8.66. The fourth-order valence-corrected chi connectivity index (χ4v) is 4.65. The lowest BCUT2D eigenvalue weighted by Gasteiger charge is -2.37. The minimum atomic E-state index is -0.266. The smallest absolute Gasteiger partial charge is 0.241 e. The van der Waals surface area contributed by atoms with E-state index in [1.807, 2.05) is 17.0 Å². The minimum absolute atomic E-state index is 0.0582. The Bertz CT molecular complexity index is 985. The second kappa shape index (κ2) is 10.2. The third-order valence-electron chi connectivity index (χ3n) is 6.53. The Kier molecular flexibility index (Phi) is 7.12. The Morgan fingerprint density at radius 2 is 1.85 bits per heavy atom. The number of aromatic nitrogens is 2. The molecule has 2 aliphatic rings. The largest absolute Gasteiger partial charge is 0.493 e. The van der Waals surface area contributed by atoms with Crippen molar-refractivity contribution in [2.45, 2.75) is 32.2 Å². The first kappa shape index (κ1) is 23.0. The summed E-state index contributed by atoms with van der Waals surface area (Å²) in [5, 5.41) is 4.11. The number of rotatable bonds is 7. The van der Waals surface area contributed by atoms with Gasteiger partial charge in [-0.25, -0.2) is 0 Å². The lowest BCUT2D eigenvalue weighted by atomic mass is 9.92. The molecular weight excluding hydrogens is 426 g/mol. The second-order valence-electron chi connectivity index (χ2n) is 8.66. The number of methoxy groups -OCH3 is 2. The highest BCUT2D eigenvalue weighted by Crippen LogP contribution is 2.31. The topological polar surface area (TPSA) is 124 Å². The van der Waals surface area contributed by atoms with Crippen LogP contribution in [0.2, 0.25) is 0 Å². The number of ether oxygens (including phenoxy) is 2. The fraction of sp³-hybridized carbons (Fsp3) is 0.565. The molecule has 10 heteroatoms. The number of carbonyl (C=O) groups is 2. The molecule has 0 bridgehead atoms. The van der Waals surface area contributed by atoms with E-state index in [4.69, 9.17) is 19.7 Å². The van der Waals surface area contributed by atoms with E-state index in [9.17, 15) is 9.59 Å². The standard InChI is InChI=1S/C23H31N5O5/c1-31-18-6-5-16(12-19(18)32-2)22-25-20(33-26-22)14-27-9-3-4-17(13-27)23(30)28-10-7-15(8-11-28)21(24)29/h5-6,12,15,17H,3-4,7-11,13-14H2,1-2H3,(H2,24,29). The zero-order valence-electron chi connectivity index (χ0n) is 19.2. The van der Waals surface area contributed by atoms with Crippen LogP contribution in [0.15, 0.2) is 22.7 Å². The van der Waals surface area contributed by atoms with Crippen LogP contribution < -0.4 is 15.2 Å². The summed E-state index contributed by atoms with van der Waals surface area (Å²) in [7, 11) is 3.17. The fourth-order valence-electron chi connectivity index (χ4n) is 4.65. The monoisotopic (exact) mass is 457 g/mol. The number of piperidine rings is 2. The van der Waals surface area contributed by atoms with E-state index in [2.05, 4.69) is 15.0 Å². The molecule has 0 radical (unpaired) electrons. The molecule has 3 heterocycles. The highest BCUT2D eigenvalue weighted by Gasteiger charge is 2.33. The van der Waals surface area contributed by atoms with Crippen LogP contribution in [0.5, 0.6) is 11.5 Å². The Morgan fingerprint density at radius 3 is 2.55 bits per heavy atom. The number of carbonyl (C=O) groups excluding carboxylic acids is 2. The van der Waals surface area contributed by atoms with E-state index < -0.39 is 0 Å². The molecular formula is C23H31N5O5. The summed E-state index contributed by atoms with van der Waals surface area (Å²) >= 11 is 0. The lowest BCUT2D eigenvalue weighted by Crippen LogP contribution is -2.48. The van der Waals surface area contributed by atoms with Crippen molar-refractivity contribution in [1.82, 2.24) is 19.9 Å². The summed E-state index contributed by atoms with van der Waals surface area (Å²) in [6.45, 7) is 3.22. The van der Waals surface area contributed by atoms with Gasteiger partial charge in [-0.1, -0.05) is 5.16 Å². The van der Waals surface area contributed by atoms with Gasteiger partial charge in [-0.3, -0.25) is 14.5 Å². The molecule has 178 valence electrons. The summed E-state index contributed by atoms with van der Waals surface area (Å²) in [5.41, 5.74) is 6.18. The van der Waals surface area contributed by atoms with Crippen molar-refractivity contribution in [2.75, 3.05) is 40.4 Å². The van der Waals surface area contributed by atoms with E-state index in [1.54, 1.807) is 20.3 Å². The molecule has 0 saturated carbocycles. The Morgan fingerprint density at radius 1 is 1.09 bits per heavy atom. The van der Waals surface area contributed by atoms with Crippen LogP contribution in [0.25, 0.3) is 11.4 Å². The minimum Gasteiger partial charge on any atom is -0.493 e. The Labute approximate surface area is 193 Å². The van der Waals surface area contributed by atoms with Crippen molar-refractivity contribution < 1.29 is 23.6 Å². The molecule has 2 N–H and O–H groups in total. The zero-order valence-corrected chi connectivity index (χ0v) is 19.2. The molecule has 0 spiro atoms. The van der Waals surface area contributed by atoms with Crippen LogP contribution in [0.1, 0.15) is 31.6 Å². The highest BCUT2D eigenvalue weighted by atomic mass is 16.5. The van der Waals surface area contributed by atoms with Crippen molar-refractivity contribution in [3.8, 4) is 22.9 Å². The van der Waals surface area contributed by atoms with Crippen LogP contribution in [0.3, 0.4) is 0 Å². The molecule has 2 saturated heterocycles. The predicted octanol–water partition coefficient (Wildman–Crippen LogP) is 1.69. The number of amides is 2. The zero-order chi connectivity index (χ0) is 23.4. The van der Waals surface area contributed by atoms with E-state index in [1.165, 1.54) is 0 Å². The average Bonchev–Trinajstić information content (AvgIpc) is 3.31. The lowest BCUT2D eigenvalue weighted by molar-refractivity contribution is -0.140. The van der Waals surface area contributed by atoms with Gasteiger partial charge in [0.2, 0.25) is 23.5 Å². The Hall–Kier alpha value is -3.14. The first-order chi connectivity index (χ1) is 16.0. The molecule has 33 heavy (non-hydrogen) atoms. The maximum atomic E-state index is 13.0. The summed E-state index contributed by atoms with van der Waals surface area (Å²) in [4.78, 5) is 33.0. The summed E-state index contributed by atoms with van der Waals surface area (Å²) < 4.78 is 16.1. The van der Waals surface area contributed by atoms with Crippen molar-refractivity contribution in [3.05, 3.63) is 24.1 Å². The molecule has 1 aromatic carbocycles. The Balaban J connectivity index is 1.35. The molecule has 1 atom stereocenters. The molecule has 4 rings (SSSR count). The van der Waals surface area contributed by atoms with E-state index in [0.29, 0.717) is 62.2 Å². The van der Waals surface area contributed by atoms with Gasteiger partial charge in [0, 0.05) is 31.1 Å². The number of likely N-dealkylation sites (tertiary alicyclic amines) is 2. The SMILES string of the molecule is COc1ccc(-c2noc(CN3CCCC(C(=O)N4CCC(C(N)=O)CC4)C3)n2)cc1OC. The van der Waals surface area contributed by atoms with Gasteiger partial charge in [-0.05, 0) is 50.4 Å². The molecule has 2 fully saturated rings. The van der Waals surface area contributed by atoms with Gasteiger partial charge in [0.15, 0.2) is 11.5 Å². The van der Waals surface area contributed by atoms with Gasteiger partial charge in [0.25, 0.3) is 0 Å². The molecule has 2 amide bonds. The quantitative estimate of drug-likeness (QED) is 0.666. The molecule has 0 aliphatic carbocycles. The van der Waals surface area contributed by atoms with Gasteiger partial charge in [0.1, 0.15) is 0 Å². The number of hydrogen-bond acceptors (Lipinski definition) is 8. The molecule has 2 aromatic rings. The van der Waals surface area contributed by atoms with Crippen LogP contribution in [0.4, 0.5) is 0 Å². The number of primary amides is 1. The van der Waals surface area contributed by atoms with Gasteiger partial charge in [-0.2, -0.15) is 4.98 Å². The first-order valence-corrected chi connectivity index (χ1v) is 11.3. The maximum absolute atomic E-state index is 13.0. The summed E-state index contributed by atoms with van der Waals surface area (Å²) in [6, 6.07) is 5.47. The number of nitrogens with two attached hydrogens (primary N) is 1. The molecule has 1 aromatic heterocycles. The third kappa shape index (κ3) is 5.27. The van der Waals surface area contributed by atoms with Crippen LogP contribution in [-0.2, 0) is 16.1 Å². The molecule has 1 unspecified atom stereocenters. The van der Waals surface area contributed by atoms with Crippen LogP contribution in [-0.4, -0.2) is 72.2 Å². The van der Waals surface area contributed by atoms with Gasteiger partial charge in [-0.15, -0.1) is 0 Å². The van der Waals surface area contributed by atoms with Crippen molar-refractivity contribution in [1.29, 1.82) is 0 Å². The van der Waals surface area contributed by atoms with Gasteiger partial charge in [0.05, 0.1) is 26.7 Å². The first-order valence-electron chi connectivity index (χ1n) is 11.3. The summed E-state index contributed by atoms with van der Waals surface area (Å²) in [5.74, 6) is 1.94. The maximum Gasteiger partial charge on any atom is 0.241 e. The van der Waals surface area contributed by atoms with Crippen molar-refractivity contribution in [3.63, 3.8) is 0 Å². The highest BCUT2D eigenvalue weighted by molar-refractivity contribution is 5.80. The molecule has 2 aliphatic heterocycles. The number of nitrogens with zero attached hydrogens (tertiary/aromatic N) is 4. The predicted molar refractivity (Wildman–Crippen MR) is 119 cm³/mol. The van der Waals surface area contributed by atoms with Crippen LogP contribution >= 0.6 is 0 Å². The number of benzene rings is 1. The third-order valence-corrected chi connectivity index (χ3v) is 6.53. The van der Waals surface area contributed by atoms with E-state index >= 15 is 0 Å². The van der Waals surface area contributed by atoms with E-state index in [0.717, 1.165) is 24.9 Å².